The minimum atomic E-state index is -3.12. The zero-order valence-corrected chi connectivity index (χ0v) is 11.0. The minimum absolute atomic E-state index is 0.173. The summed E-state index contributed by atoms with van der Waals surface area (Å²) in [5.74, 6) is 0.173. The van der Waals surface area contributed by atoms with Gasteiger partial charge in [0.1, 0.15) is 5.75 Å². The highest BCUT2D eigenvalue weighted by molar-refractivity contribution is 8.55. The smallest absolute Gasteiger partial charge is 0.393 e. The third-order valence-electron chi connectivity index (χ3n) is 1.63. The van der Waals surface area contributed by atoms with Crippen LogP contribution in [0.3, 0.4) is 0 Å². The van der Waals surface area contributed by atoms with Gasteiger partial charge in [-0.1, -0.05) is 0 Å². The fraction of sp³-hybridized carbons (Fsp3) is 0.400. The van der Waals surface area contributed by atoms with Crippen molar-refractivity contribution in [3.63, 3.8) is 0 Å². The quantitative estimate of drug-likeness (QED) is 0.793. The third-order valence-corrected chi connectivity index (χ3v) is 5.42. The topological polar surface area (TPSA) is 55.8 Å². The number of rotatable bonds is 6. The number of hydrogen-bond acceptors (Lipinski definition) is 5. The first kappa shape index (κ1) is 13.6. The van der Waals surface area contributed by atoms with Crippen LogP contribution in [0.2, 0.25) is 0 Å². The largest absolute Gasteiger partial charge is 0.508 e. The molecule has 0 aliphatic carbocycles. The Hall–Kier alpha value is -0.480. The second-order valence-corrected chi connectivity index (χ2v) is 6.82. The Balaban J connectivity index is 2.75. The van der Waals surface area contributed by atoms with Crippen molar-refractivity contribution in [2.45, 2.75) is 18.7 Å². The summed E-state index contributed by atoms with van der Waals surface area (Å²) in [6.45, 7) is 1.08. The third kappa shape index (κ3) is 4.18. The van der Waals surface area contributed by atoms with Gasteiger partial charge in [-0.05, 0) is 49.5 Å². The van der Waals surface area contributed by atoms with Crippen LogP contribution in [0.4, 0.5) is 0 Å². The van der Waals surface area contributed by atoms with E-state index >= 15 is 0 Å². The van der Waals surface area contributed by atoms with Gasteiger partial charge in [-0.2, -0.15) is 0 Å². The van der Waals surface area contributed by atoms with Crippen molar-refractivity contribution in [1.82, 2.24) is 0 Å². The zero-order chi connectivity index (χ0) is 12.0. The second kappa shape index (κ2) is 6.30. The molecule has 0 unspecified atom stereocenters. The maximum absolute atomic E-state index is 12.1. The van der Waals surface area contributed by atoms with E-state index in [0.29, 0.717) is 13.2 Å². The molecule has 0 saturated carbocycles. The Morgan fingerprint density at radius 2 is 1.69 bits per heavy atom. The Bertz CT molecular complexity index is 356. The molecule has 0 atom stereocenters. The van der Waals surface area contributed by atoms with Crippen LogP contribution < -0.4 is 0 Å². The van der Waals surface area contributed by atoms with Gasteiger partial charge in [0.25, 0.3) is 0 Å². The highest BCUT2D eigenvalue weighted by Crippen LogP contribution is 2.63. The van der Waals surface area contributed by atoms with E-state index < -0.39 is 6.80 Å². The van der Waals surface area contributed by atoms with Crippen molar-refractivity contribution in [3.8, 4) is 5.75 Å². The summed E-state index contributed by atoms with van der Waals surface area (Å²) in [5.41, 5.74) is 0. The van der Waals surface area contributed by atoms with Gasteiger partial charge < -0.3 is 14.2 Å². The van der Waals surface area contributed by atoms with Crippen molar-refractivity contribution >= 4 is 18.2 Å². The lowest BCUT2D eigenvalue weighted by Crippen LogP contribution is -1.92. The first-order chi connectivity index (χ1) is 7.59. The summed E-state index contributed by atoms with van der Waals surface area (Å²) in [5, 5.41) is 9.12. The summed E-state index contributed by atoms with van der Waals surface area (Å²) in [7, 11) is 0. The summed E-state index contributed by atoms with van der Waals surface area (Å²) in [6.07, 6.45) is 0. The van der Waals surface area contributed by atoms with E-state index in [4.69, 9.17) is 14.2 Å². The lowest BCUT2D eigenvalue weighted by atomic mass is 10.3. The van der Waals surface area contributed by atoms with E-state index in [1.165, 1.54) is 12.1 Å². The van der Waals surface area contributed by atoms with Gasteiger partial charge in [-0.25, -0.2) is 4.57 Å². The normalized spacial score (nSPS) is 11.6. The van der Waals surface area contributed by atoms with Crippen LogP contribution >= 0.6 is 18.2 Å². The highest BCUT2D eigenvalue weighted by Gasteiger charge is 2.25. The van der Waals surface area contributed by atoms with Crippen LogP contribution in [0.25, 0.3) is 0 Å². The van der Waals surface area contributed by atoms with E-state index in [-0.39, 0.29) is 5.75 Å². The number of phenols is 1. The van der Waals surface area contributed by atoms with Crippen LogP contribution in [0.15, 0.2) is 29.2 Å². The van der Waals surface area contributed by atoms with Gasteiger partial charge in [0.2, 0.25) is 0 Å². The zero-order valence-electron chi connectivity index (χ0n) is 9.25. The number of aromatic hydroxyl groups is 1. The Morgan fingerprint density at radius 3 is 2.12 bits per heavy atom. The van der Waals surface area contributed by atoms with Crippen LogP contribution in [0.5, 0.6) is 5.75 Å². The molecule has 1 N–H and O–H groups in total. The molecule has 0 aliphatic rings. The predicted octanol–water partition coefficient (Wildman–Crippen LogP) is 3.67. The lowest BCUT2D eigenvalue weighted by Gasteiger charge is -2.15. The van der Waals surface area contributed by atoms with Crippen molar-refractivity contribution in [3.05, 3.63) is 24.3 Å². The SMILES string of the molecule is CCOP(=O)(OCC)Sc1ccc(O)cc1. The molecule has 4 nitrogen and oxygen atoms in total. The Morgan fingerprint density at radius 1 is 1.19 bits per heavy atom. The molecule has 1 rings (SSSR count). The maximum atomic E-state index is 12.1. The second-order valence-electron chi connectivity index (χ2n) is 2.87. The number of phenolic OH excluding ortho intramolecular Hbond substituents is 1. The van der Waals surface area contributed by atoms with Gasteiger partial charge in [0.15, 0.2) is 0 Å². The van der Waals surface area contributed by atoms with Crippen LogP contribution in [0.1, 0.15) is 13.8 Å². The molecular weight excluding hydrogens is 247 g/mol. The molecule has 0 fully saturated rings. The molecule has 0 radical (unpaired) electrons. The summed E-state index contributed by atoms with van der Waals surface area (Å²) >= 11 is 1.05. The van der Waals surface area contributed by atoms with Crippen LogP contribution in [0, 0.1) is 0 Å². The molecule has 0 aliphatic heterocycles. The molecule has 0 bridgehead atoms. The van der Waals surface area contributed by atoms with E-state index in [9.17, 15) is 4.57 Å². The van der Waals surface area contributed by atoms with E-state index in [0.717, 1.165) is 16.3 Å². The average Bonchev–Trinajstić information content (AvgIpc) is 2.22. The molecule has 0 aromatic heterocycles. The van der Waals surface area contributed by atoms with Gasteiger partial charge in [-0.15, -0.1) is 0 Å². The minimum Gasteiger partial charge on any atom is -0.508 e. The van der Waals surface area contributed by atoms with Gasteiger partial charge in [-0.3, -0.25) is 0 Å². The highest BCUT2D eigenvalue weighted by atomic mass is 32.7. The predicted molar refractivity (Wildman–Crippen MR) is 64.8 cm³/mol. The maximum Gasteiger partial charge on any atom is 0.393 e. The molecule has 0 amide bonds. The summed E-state index contributed by atoms with van der Waals surface area (Å²) in [4.78, 5) is 0.739. The fourth-order valence-electron chi connectivity index (χ4n) is 1.04. The first-order valence-corrected chi connectivity index (χ1v) is 7.94. The summed E-state index contributed by atoms with van der Waals surface area (Å²) < 4.78 is 22.4. The van der Waals surface area contributed by atoms with E-state index in [1.807, 2.05) is 0 Å². The fourth-order valence-corrected chi connectivity index (χ4v) is 4.46. The number of hydrogen-bond donors (Lipinski definition) is 1. The Kier molecular flexibility index (Phi) is 5.35. The molecule has 16 heavy (non-hydrogen) atoms. The molecule has 0 saturated heterocycles. The van der Waals surface area contributed by atoms with E-state index in [2.05, 4.69) is 0 Å². The molecule has 1 aromatic rings. The van der Waals surface area contributed by atoms with E-state index in [1.54, 1.807) is 26.0 Å². The van der Waals surface area contributed by atoms with Crippen LogP contribution in [-0.4, -0.2) is 18.3 Å². The van der Waals surface area contributed by atoms with Gasteiger partial charge in [0, 0.05) is 4.90 Å². The van der Waals surface area contributed by atoms with Gasteiger partial charge >= 0.3 is 6.80 Å². The van der Waals surface area contributed by atoms with Crippen molar-refractivity contribution < 1.29 is 18.7 Å². The summed E-state index contributed by atoms with van der Waals surface area (Å²) in [6, 6.07) is 6.41. The first-order valence-electron chi connectivity index (χ1n) is 4.97. The monoisotopic (exact) mass is 262 g/mol. The van der Waals surface area contributed by atoms with Crippen LogP contribution in [-0.2, 0) is 13.6 Å². The molecular formula is C10H15O4PS. The standard InChI is InChI=1S/C10H15O4PS/c1-3-13-15(12,14-4-2)16-10-7-5-9(11)6-8-10/h5-8,11H,3-4H2,1-2H3. The molecule has 6 heteroatoms. The molecule has 0 spiro atoms. The molecule has 90 valence electrons. The average molecular weight is 262 g/mol. The van der Waals surface area contributed by atoms with Crippen molar-refractivity contribution in [2.75, 3.05) is 13.2 Å². The Labute approximate surface area is 99.2 Å². The molecule has 1 aromatic carbocycles. The van der Waals surface area contributed by atoms with Crippen molar-refractivity contribution in [1.29, 1.82) is 0 Å². The number of benzene rings is 1. The lowest BCUT2D eigenvalue weighted by molar-refractivity contribution is 0.237. The van der Waals surface area contributed by atoms with Crippen molar-refractivity contribution in [2.24, 2.45) is 0 Å². The molecule has 0 heterocycles. The van der Waals surface area contributed by atoms with Gasteiger partial charge in [0.05, 0.1) is 13.2 Å².